The normalized spacial score (nSPS) is 10.5. The van der Waals surface area contributed by atoms with E-state index in [1.54, 1.807) is 17.0 Å². The molecule has 0 saturated heterocycles. The van der Waals surface area contributed by atoms with Gasteiger partial charge in [0.1, 0.15) is 5.82 Å². The van der Waals surface area contributed by atoms with Crippen molar-refractivity contribution in [3.05, 3.63) is 54.3 Å². The molecule has 6 nitrogen and oxygen atoms in total. The number of ether oxygens (including phenoxy) is 1. The number of aryl methyl sites for hydroxylation is 1. The zero-order valence-corrected chi connectivity index (χ0v) is 15.5. The Morgan fingerprint density at radius 2 is 2.00 bits per heavy atom. The van der Waals surface area contributed by atoms with Gasteiger partial charge in [0.2, 0.25) is 0 Å². The Morgan fingerprint density at radius 1 is 1.30 bits per heavy atom. The summed E-state index contributed by atoms with van der Waals surface area (Å²) in [5.74, 6) is -0.234. The predicted octanol–water partition coefficient (Wildman–Crippen LogP) is 3.38. The lowest BCUT2D eigenvalue weighted by Gasteiger charge is -2.20. The van der Waals surface area contributed by atoms with Crippen molar-refractivity contribution in [1.82, 2.24) is 9.88 Å². The second-order valence-electron chi connectivity index (χ2n) is 6.15. The molecule has 0 N–H and O–H groups in total. The average molecular weight is 374 g/mol. The first-order valence-corrected chi connectivity index (χ1v) is 8.67. The van der Waals surface area contributed by atoms with Gasteiger partial charge in [-0.05, 0) is 38.1 Å². The van der Waals surface area contributed by atoms with Gasteiger partial charge in [-0.25, -0.2) is 9.37 Å². The summed E-state index contributed by atoms with van der Waals surface area (Å²) in [4.78, 5) is 29.5. The number of aromatic nitrogens is 1. The smallest absolute Gasteiger partial charge is 0.306 e. The highest BCUT2D eigenvalue weighted by molar-refractivity contribution is 5.80. The van der Waals surface area contributed by atoms with Gasteiger partial charge in [0.05, 0.1) is 12.6 Å². The molecular weight excluding hydrogens is 351 g/mol. The maximum Gasteiger partial charge on any atom is 0.306 e. The van der Waals surface area contributed by atoms with Crippen LogP contribution in [-0.2, 0) is 20.7 Å². The van der Waals surface area contributed by atoms with Crippen LogP contribution in [0.4, 0.5) is 4.39 Å². The molecule has 144 valence electrons. The first kappa shape index (κ1) is 20.4. The third-order valence-electron chi connectivity index (χ3n) is 3.78. The fourth-order valence-electron chi connectivity index (χ4n) is 2.39. The molecule has 0 saturated carbocycles. The molecule has 0 aliphatic heterocycles. The van der Waals surface area contributed by atoms with E-state index < -0.39 is 5.97 Å². The summed E-state index contributed by atoms with van der Waals surface area (Å²) in [5.41, 5.74) is 1.55. The first-order chi connectivity index (χ1) is 12.9. The lowest BCUT2D eigenvalue weighted by molar-refractivity contribution is -0.151. The Hall–Kier alpha value is -2.96. The summed E-state index contributed by atoms with van der Waals surface area (Å²) in [6.45, 7) is 8.12. The monoisotopic (exact) mass is 374 g/mol. The summed E-state index contributed by atoms with van der Waals surface area (Å²) in [6.07, 6.45) is 1.81. The van der Waals surface area contributed by atoms with E-state index in [1.165, 1.54) is 18.3 Å². The maximum atomic E-state index is 13.0. The molecule has 0 atom stereocenters. The van der Waals surface area contributed by atoms with E-state index in [2.05, 4.69) is 11.6 Å². The van der Waals surface area contributed by atoms with Crippen LogP contribution < -0.4 is 0 Å². The van der Waals surface area contributed by atoms with Crippen LogP contribution in [0.1, 0.15) is 26.2 Å². The fourth-order valence-corrected chi connectivity index (χ4v) is 2.39. The molecule has 0 aliphatic rings. The van der Waals surface area contributed by atoms with Gasteiger partial charge in [-0.3, -0.25) is 9.59 Å². The number of oxazole rings is 1. The number of hydrogen-bond donors (Lipinski definition) is 0. The average Bonchev–Trinajstić information content (AvgIpc) is 3.11. The van der Waals surface area contributed by atoms with Crippen molar-refractivity contribution in [2.24, 2.45) is 0 Å². The maximum absolute atomic E-state index is 13.0. The molecule has 27 heavy (non-hydrogen) atoms. The number of amides is 1. The van der Waals surface area contributed by atoms with E-state index in [0.717, 1.165) is 5.57 Å². The van der Waals surface area contributed by atoms with Gasteiger partial charge in [0, 0.05) is 25.1 Å². The Labute approximate surface area is 157 Å². The number of rotatable bonds is 9. The second kappa shape index (κ2) is 9.66. The Bertz CT molecular complexity index is 799. The van der Waals surface area contributed by atoms with Crippen molar-refractivity contribution in [3.8, 4) is 11.3 Å². The minimum absolute atomic E-state index is 0.0449. The van der Waals surface area contributed by atoms with Crippen molar-refractivity contribution < 1.29 is 23.1 Å². The van der Waals surface area contributed by atoms with E-state index >= 15 is 0 Å². The van der Waals surface area contributed by atoms with Crippen molar-refractivity contribution in [2.45, 2.75) is 26.7 Å². The molecule has 2 rings (SSSR count). The number of nitrogens with zero attached hydrogens (tertiary/aromatic N) is 2. The Balaban J connectivity index is 1.79. The zero-order chi connectivity index (χ0) is 19.8. The van der Waals surface area contributed by atoms with Crippen molar-refractivity contribution in [2.75, 3.05) is 19.7 Å². The van der Waals surface area contributed by atoms with E-state index in [0.29, 0.717) is 30.3 Å². The van der Waals surface area contributed by atoms with Crippen molar-refractivity contribution in [1.29, 1.82) is 0 Å². The zero-order valence-electron chi connectivity index (χ0n) is 15.5. The van der Waals surface area contributed by atoms with Gasteiger partial charge in [0.15, 0.2) is 18.3 Å². The number of halogens is 1. The largest absolute Gasteiger partial charge is 0.456 e. The lowest BCUT2D eigenvalue weighted by Crippen LogP contribution is -2.35. The molecule has 0 fully saturated rings. The summed E-state index contributed by atoms with van der Waals surface area (Å²) in [5, 5.41) is 0. The summed E-state index contributed by atoms with van der Waals surface area (Å²) in [7, 11) is 0. The molecule has 0 radical (unpaired) electrons. The van der Waals surface area contributed by atoms with Crippen molar-refractivity contribution >= 4 is 11.9 Å². The summed E-state index contributed by atoms with van der Waals surface area (Å²) < 4.78 is 23.5. The van der Waals surface area contributed by atoms with Crippen molar-refractivity contribution in [3.63, 3.8) is 0 Å². The number of likely N-dealkylation sites (N-methyl/N-ethyl adjacent to an activating group) is 1. The van der Waals surface area contributed by atoms with Gasteiger partial charge in [-0.15, -0.1) is 0 Å². The lowest BCUT2D eigenvalue weighted by atomic mass is 10.2. The third kappa shape index (κ3) is 6.36. The van der Waals surface area contributed by atoms with Crippen LogP contribution in [0.3, 0.4) is 0 Å². The predicted molar refractivity (Wildman–Crippen MR) is 98.2 cm³/mol. The molecule has 0 spiro atoms. The molecular formula is C20H23FN2O4. The number of benzene rings is 1. The van der Waals surface area contributed by atoms with E-state index in [1.807, 2.05) is 13.8 Å². The van der Waals surface area contributed by atoms with E-state index in [4.69, 9.17) is 9.15 Å². The minimum Gasteiger partial charge on any atom is -0.456 e. The van der Waals surface area contributed by atoms with Crippen LogP contribution in [0.15, 0.2) is 47.0 Å². The fraction of sp³-hybridized carbons (Fsp3) is 0.350. The highest BCUT2D eigenvalue weighted by Gasteiger charge is 2.15. The quantitative estimate of drug-likeness (QED) is 0.497. The molecule has 1 aromatic carbocycles. The summed E-state index contributed by atoms with van der Waals surface area (Å²) in [6, 6.07) is 5.84. The van der Waals surface area contributed by atoms with Crippen LogP contribution in [0, 0.1) is 5.82 Å². The van der Waals surface area contributed by atoms with Crippen LogP contribution in [0.25, 0.3) is 11.3 Å². The topological polar surface area (TPSA) is 72.6 Å². The Kier molecular flexibility index (Phi) is 7.28. The van der Waals surface area contributed by atoms with E-state index in [-0.39, 0.29) is 31.2 Å². The highest BCUT2D eigenvalue weighted by atomic mass is 19.1. The molecule has 2 aromatic rings. The number of hydrogen-bond acceptors (Lipinski definition) is 5. The van der Waals surface area contributed by atoms with Crippen LogP contribution in [-0.4, -0.2) is 41.5 Å². The van der Waals surface area contributed by atoms with Crippen LogP contribution in [0.5, 0.6) is 0 Å². The number of carbonyl (C=O) groups excluding carboxylic acids is 2. The standard InChI is InChI=1S/C20H23FN2O4/c1-4-23(12-14(2)3)19(24)13-26-20(25)10-9-18-22-11-17(27-18)15-5-7-16(21)8-6-15/h5-8,11H,2,4,9-10,12-13H2,1,3H3. The van der Waals surface area contributed by atoms with Gasteiger partial charge >= 0.3 is 5.97 Å². The molecule has 0 bridgehead atoms. The van der Waals surface area contributed by atoms with Gasteiger partial charge in [-0.1, -0.05) is 12.2 Å². The molecule has 1 amide bonds. The molecule has 7 heteroatoms. The van der Waals surface area contributed by atoms with Crippen LogP contribution >= 0.6 is 0 Å². The minimum atomic E-state index is -0.503. The second-order valence-corrected chi connectivity index (χ2v) is 6.15. The molecule has 1 heterocycles. The van der Waals surface area contributed by atoms with Gasteiger partial charge in [0.25, 0.3) is 5.91 Å². The molecule has 0 unspecified atom stereocenters. The Morgan fingerprint density at radius 3 is 2.63 bits per heavy atom. The van der Waals surface area contributed by atoms with E-state index in [9.17, 15) is 14.0 Å². The molecule has 1 aromatic heterocycles. The van der Waals surface area contributed by atoms with Crippen LogP contribution in [0.2, 0.25) is 0 Å². The number of esters is 1. The third-order valence-corrected chi connectivity index (χ3v) is 3.78. The summed E-state index contributed by atoms with van der Waals surface area (Å²) >= 11 is 0. The number of carbonyl (C=O) groups is 2. The highest BCUT2D eigenvalue weighted by Crippen LogP contribution is 2.21. The van der Waals surface area contributed by atoms with Gasteiger partial charge in [-0.2, -0.15) is 0 Å². The molecule has 0 aliphatic carbocycles. The first-order valence-electron chi connectivity index (χ1n) is 8.67. The van der Waals surface area contributed by atoms with Gasteiger partial charge < -0.3 is 14.1 Å². The SMILES string of the molecule is C=C(C)CN(CC)C(=O)COC(=O)CCc1ncc(-c2ccc(F)cc2)o1.